The average Bonchev–Trinajstić information content (AvgIpc) is 2.38. The maximum absolute atomic E-state index is 11.2. The van der Waals surface area contributed by atoms with Gasteiger partial charge in [0.25, 0.3) is 10.0 Å². The summed E-state index contributed by atoms with van der Waals surface area (Å²) in [6.45, 7) is 11.7. The molecule has 0 spiro atoms. The van der Waals surface area contributed by atoms with E-state index in [1.165, 1.54) is 0 Å². The lowest BCUT2D eigenvalue weighted by Crippen LogP contribution is -2.42. The summed E-state index contributed by atoms with van der Waals surface area (Å²) in [5.74, 6) is 0. The first-order valence-corrected chi connectivity index (χ1v) is 12.4. The summed E-state index contributed by atoms with van der Waals surface area (Å²) in [6.07, 6.45) is 8.79. The van der Waals surface area contributed by atoms with E-state index in [-0.39, 0.29) is 5.04 Å². The van der Waals surface area contributed by atoms with Crippen molar-refractivity contribution in [2.45, 2.75) is 50.9 Å². The van der Waals surface area contributed by atoms with Gasteiger partial charge in [-0.1, -0.05) is 20.8 Å². The smallest absolute Gasteiger partial charge is 0.250 e. The third-order valence-electron chi connectivity index (χ3n) is 4.49. The molecule has 7 heteroatoms. The van der Waals surface area contributed by atoms with Crippen LogP contribution in [0.5, 0.6) is 0 Å². The largest absolute Gasteiger partial charge is 0.417 e. The highest BCUT2D eigenvalue weighted by atomic mass is 32.2. The van der Waals surface area contributed by atoms with Crippen LogP contribution in [0.4, 0.5) is 0 Å². The Kier molecular flexibility index (Phi) is 6.18. The van der Waals surface area contributed by atoms with E-state index < -0.39 is 23.9 Å². The highest BCUT2D eigenvalue weighted by Gasteiger charge is 2.37. The predicted molar refractivity (Wildman–Crippen MR) is 98.1 cm³/mol. The van der Waals surface area contributed by atoms with E-state index >= 15 is 0 Å². The average molecular weight is 360 g/mol. The molecule has 0 N–H and O–H groups in total. The predicted octanol–water partition coefficient (Wildman–Crippen LogP) is 3.31. The van der Waals surface area contributed by atoms with E-state index in [9.17, 15) is 8.42 Å². The molecule has 132 valence electrons. The number of nitrogens with zero attached hydrogens (tertiary/aromatic N) is 1. The molecule has 0 fully saturated rings. The topological polar surface area (TPSA) is 65.0 Å². The molecule has 0 saturated heterocycles. The van der Waals surface area contributed by atoms with Gasteiger partial charge in [0, 0.05) is 20.1 Å². The second-order valence-electron chi connectivity index (χ2n) is 7.43. The van der Waals surface area contributed by atoms with Crippen LogP contribution in [0.25, 0.3) is 0 Å². The number of allylic oxidation sites excluding steroid dienone is 2. The molecule has 0 radical (unpaired) electrons. The fourth-order valence-electron chi connectivity index (χ4n) is 1.90. The Hall–Kier alpha value is -0.763. The molecule has 5 nitrogen and oxygen atoms in total. The lowest BCUT2D eigenvalue weighted by atomic mass is 9.94. The minimum absolute atomic E-state index is 0.167. The van der Waals surface area contributed by atoms with Gasteiger partial charge in [0.05, 0.1) is 12.0 Å². The lowest BCUT2D eigenvalue weighted by Gasteiger charge is -2.37. The van der Waals surface area contributed by atoms with Crippen molar-refractivity contribution in [3.8, 4) is 0 Å². The fourth-order valence-corrected chi connectivity index (χ4v) is 3.45. The Balaban J connectivity index is 2.75. The Morgan fingerprint density at radius 1 is 1.22 bits per heavy atom. The van der Waals surface area contributed by atoms with Crippen molar-refractivity contribution in [2.24, 2.45) is 4.40 Å². The Labute approximate surface area is 141 Å². The van der Waals surface area contributed by atoms with Crippen molar-refractivity contribution in [1.29, 1.82) is 0 Å². The molecule has 0 atom stereocenters. The van der Waals surface area contributed by atoms with Crippen molar-refractivity contribution >= 4 is 24.1 Å². The zero-order valence-corrected chi connectivity index (χ0v) is 17.0. The second-order valence-corrected chi connectivity index (χ2v) is 13.9. The van der Waals surface area contributed by atoms with Crippen LogP contribution in [0.2, 0.25) is 18.1 Å². The third kappa shape index (κ3) is 5.98. The van der Waals surface area contributed by atoms with Gasteiger partial charge in [-0.2, -0.15) is 4.40 Å². The van der Waals surface area contributed by atoms with Gasteiger partial charge in [0.15, 0.2) is 8.32 Å². The molecule has 0 saturated carbocycles. The highest BCUT2D eigenvalue weighted by molar-refractivity contribution is 7.89. The number of hydrogen-bond acceptors (Lipinski definition) is 4. The zero-order valence-electron chi connectivity index (χ0n) is 15.2. The van der Waals surface area contributed by atoms with E-state index in [2.05, 4.69) is 38.3 Å². The fraction of sp³-hybridized carbons (Fsp3) is 0.688. The molecular weight excluding hydrogens is 330 g/mol. The summed E-state index contributed by atoms with van der Waals surface area (Å²) >= 11 is 0. The highest BCUT2D eigenvalue weighted by Crippen LogP contribution is 2.37. The third-order valence-corrected chi connectivity index (χ3v) is 9.57. The van der Waals surface area contributed by atoms with Crippen LogP contribution in [0.15, 0.2) is 28.7 Å². The lowest BCUT2D eigenvalue weighted by molar-refractivity contribution is 0.0520. The van der Waals surface area contributed by atoms with Gasteiger partial charge in [-0.15, -0.1) is 0 Å². The Morgan fingerprint density at radius 3 is 2.13 bits per heavy atom. The van der Waals surface area contributed by atoms with E-state index in [1.807, 2.05) is 12.2 Å². The second kappa shape index (κ2) is 7.00. The van der Waals surface area contributed by atoms with Gasteiger partial charge in [-0.05, 0) is 42.4 Å². The quantitative estimate of drug-likeness (QED) is 0.683. The van der Waals surface area contributed by atoms with Gasteiger partial charge in [0.2, 0.25) is 0 Å². The molecule has 0 amide bonds. The number of sulfonamides is 1. The van der Waals surface area contributed by atoms with E-state index in [0.717, 1.165) is 6.26 Å². The SMILES string of the molecule is COC1(CCO[Si](C)(C)C(C)(C)C)C=CC(=NS(C)(=O)=O)C=C1. The summed E-state index contributed by atoms with van der Waals surface area (Å²) < 4.78 is 37.9. The molecule has 0 aromatic carbocycles. The summed E-state index contributed by atoms with van der Waals surface area (Å²) in [7, 11) is -3.54. The first-order valence-electron chi connectivity index (χ1n) is 7.68. The first kappa shape index (κ1) is 20.3. The number of hydrogen-bond donors (Lipinski definition) is 0. The molecule has 0 aliphatic heterocycles. The maximum atomic E-state index is 11.2. The minimum atomic E-state index is -3.39. The molecule has 1 aliphatic carbocycles. The standard InChI is InChI=1S/C16H29NO4SSi/c1-15(2,3)23(6,7)21-13-12-16(20-4)10-8-14(9-11-16)17-22(5,18)19/h8-11H,12-13H2,1-7H3. The van der Waals surface area contributed by atoms with Gasteiger partial charge < -0.3 is 9.16 Å². The summed E-state index contributed by atoms with van der Waals surface area (Å²) in [4.78, 5) is 0. The maximum Gasteiger partial charge on any atom is 0.250 e. The van der Waals surface area contributed by atoms with Crippen LogP contribution >= 0.6 is 0 Å². The number of methoxy groups -OCH3 is 1. The summed E-state index contributed by atoms with van der Waals surface area (Å²) in [6, 6.07) is 0. The zero-order chi connectivity index (χ0) is 17.9. The van der Waals surface area contributed by atoms with Crippen LogP contribution in [-0.2, 0) is 19.2 Å². The molecule has 0 unspecified atom stereocenters. The van der Waals surface area contributed by atoms with Crippen LogP contribution < -0.4 is 0 Å². The molecule has 0 heterocycles. The van der Waals surface area contributed by atoms with E-state index in [0.29, 0.717) is 18.7 Å². The first-order chi connectivity index (χ1) is 10.3. The molecular formula is C16H29NO4SSi. The van der Waals surface area contributed by atoms with Crippen molar-refractivity contribution < 1.29 is 17.6 Å². The Morgan fingerprint density at radius 2 is 1.74 bits per heavy atom. The van der Waals surface area contributed by atoms with Gasteiger partial charge in [0.1, 0.15) is 5.60 Å². The summed E-state index contributed by atoms with van der Waals surface area (Å²) in [5.41, 5.74) is -0.163. The van der Waals surface area contributed by atoms with Crippen molar-refractivity contribution in [3.63, 3.8) is 0 Å². The normalized spacial score (nSPS) is 22.5. The summed E-state index contributed by atoms with van der Waals surface area (Å²) in [5, 5.41) is 0.167. The van der Waals surface area contributed by atoms with Crippen LogP contribution in [0.3, 0.4) is 0 Å². The van der Waals surface area contributed by atoms with E-state index in [4.69, 9.17) is 9.16 Å². The van der Waals surface area contributed by atoms with Gasteiger partial charge in [-0.25, -0.2) is 8.42 Å². The molecule has 0 aromatic heterocycles. The molecule has 0 bridgehead atoms. The molecule has 1 rings (SSSR count). The molecule has 23 heavy (non-hydrogen) atoms. The van der Waals surface area contributed by atoms with Crippen molar-refractivity contribution in [1.82, 2.24) is 0 Å². The van der Waals surface area contributed by atoms with Crippen molar-refractivity contribution in [2.75, 3.05) is 20.0 Å². The number of rotatable bonds is 6. The van der Waals surface area contributed by atoms with Gasteiger partial charge >= 0.3 is 0 Å². The molecule has 0 aromatic rings. The van der Waals surface area contributed by atoms with Gasteiger partial charge in [-0.3, -0.25) is 0 Å². The Bertz CT molecular complexity index is 596. The number of ether oxygens (including phenoxy) is 1. The van der Waals surface area contributed by atoms with Crippen LogP contribution in [0.1, 0.15) is 27.2 Å². The van der Waals surface area contributed by atoms with Crippen LogP contribution in [-0.4, -0.2) is 48.0 Å². The van der Waals surface area contributed by atoms with E-state index in [1.54, 1.807) is 19.3 Å². The van der Waals surface area contributed by atoms with Crippen molar-refractivity contribution in [3.05, 3.63) is 24.3 Å². The molecule has 1 aliphatic rings. The van der Waals surface area contributed by atoms with Crippen LogP contribution in [0, 0.1) is 0 Å². The minimum Gasteiger partial charge on any atom is -0.417 e. The monoisotopic (exact) mass is 359 g/mol.